The van der Waals surface area contributed by atoms with E-state index in [0.717, 1.165) is 30.5 Å². The number of rotatable bonds is 7. The number of nitrogens with zero attached hydrogens (tertiary/aromatic N) is 4. The molecule has 3 aromatic rings. The first-order valence-corrected chi connectivity index (χ1v) is 10.7. The first kappa shape index (κ1) is 21.1. The number of nitrogens with one attached hydrogen (secondary N) is 2. The lowest BCUT2D eigenvalue weighted by atomic mass is 10.1. The molecule has 2 aromatic heterocycles. The van der Waals surface area contributed by atoms with Gasteiger partial charge in [0.25, 0.3) is 5.91 Å². The monoisotopic (exact) mass is 440 g/mol. The summed E-state index contributed by atoms with van der Waals surface area (Å²) in [5, 5.41) is 10.7. The molecule has 0 spiro atoms. The van der Waals surface area contributed by atoms with Gasteiger partial charge in [0, 0.05) is 37.8 Å². The van der Waals surface area contributed by atoms with Gasteiger partial charge in [-0.3, -0.25) is 4.79 Å². The van der Waals surface area contributed by atoms with E-state index in [1.165, 1.54) is 12.8 Å². The molecule has 162 valence electrons. The Hall–Kier alpha value is -3.13. The number of carbonyl (C=O) groups is 1. The Morgan fingerprint density at radius 1 is 1.16 bits per heavy atom. The van der Waals surface area contributed by atoms with Crippen LogP contribution < -0.4 is 15.5 Å². The molecule has 31 heavy (non-hydrogen) atoms. The molecule has 1 saturated heterocycles. The van der Waals surface area contributed by atoms with E-state index in [0.29, 0.717) is 40.7 Å². The van der Waals surface area contributed by atoms with E-state index in [9.17, 15) is 4.79 Å². The summed E-state index contributed by atoms with van der Waals surface area (Å²) in [6.45, 7) is 6.58. The van der Waals surface area contributed by atoms with E-state index in [-0.39, 0.29) is 5.91 Å². The van der Waals surface area contributed by atoms with Gasteiger partial charge in [-0.25, -0.2) is 9.97 Å². The molecule has 1 aliphatic rings. The number of anilines is 2. The zero-order valence-electron chi connectivity index (χ0n) is 17.6. The standard InChI is InChI=1S/C22H25ClN6O2/c1-14-20(21(28-31-14)16-7-3-4-8-17(16)23)22(30)25-10-9-24-18-13-19(27-15(2)26-18)29-11-5-6-12-29/h3-4,7-8,13H,5-6,9-12H2,1-2H3,(H,25,30)(H,24,26,27). The van der Waals surface area contributed by atoms with Crippen LogP contribution in [0.25, 0.3) is 11.3 Å². The fraction of sp³-hybridized carbons (Fsp3) is 0.364. The van der Waals surface area contributed by atoms with Gasteiger partial charge < -0.3 is 20.1 Å². The van der Waals surface area contributed by atoms with Crippen molar-refractivity contribution in [3.8, 4) is 11.3 Å². The van der Waals surface area contributed by atoms with Crippen molar-refractivity contribution in [2.75, 3.05) is 36.4 Å². The number of halogens is 1. The van der Waals surface area contributed by atoms with Gasteiger partial charge in [-0.2, -0.15) is 0 Å². The minimum atomic E-state index is -0.257. The lowest BCUT2D eigenvalue weighted by molar-refractivity contribution is 0.0954. The second-order valence-corrected chi connectivity index (χ2v) is 7.88. The van der Waals surface area contributed by atoms with Crippen LogP contribution in [0.5, 0.6) is 0 Å². The average molecular weight is 441 g/mol. The van der Waals surface area contributed by atoms with Gasteiger partial charge in [-0.15, -0.1) is 0 Å². The van der Waals surface area contributed by atoms with Crippen LogP contribution in [0.15, 0.2) is 34.9 Å². The zero-order chi connectivity index (χ0) is 21.8. The highest BCUT2D eigenvalue weighted by molar-refractivity contribution is 6.33. The maximum atomic E-state index is 12.8. The van der Waals surface area contributed by atoms with E-state index in [1.54, 1.807) is 13.0 Å². The molecule has 8 nitrogen and oxygen atoms in total. The molecule has 4 rings (SSSR count). The van der Waals surface area contributed by atoms with Gasteiger partial charge in [0.15, 0.2) is 0 Å². The van der Waals surface area contributed by atoms with Crippen LogP contribution in [0.2, 0.25) is 5.02 Å². The summed E-state index contributed by atoms with van der Waals surface area (Å²) in [4.78, 5) is 24.1. The Labute approximate surface area is 186 Å². The Balaban J connectivity index is 1.38. The molecule has 0 atom stereocenters. The van der Waals surface area contributed by atoms with Crippen molar-refractivity contribution in [2.24, 2.45) is 0 Å². The van der Waals surface area contributed by atoms with E-state index in [2.05, 4.69) is 30.7 Å². The van der Waals surface area contributed by atoms with Gasteiger partial charge in [0.05, 0.1) is 5.02 Å². The smallest absolute Gasteiger partial charge is 0.257 e. The maximum Gasteiger partial charge on any atom is 0.257 e. The van der Waals surface area contributed by atoms with Crippen LogP contribution >= 0.6 is 11.6 Å². The van der Waals surface area contributed by atoms with E-state index < -0.39 is 0 Å². The van der Waals surface area contributed by atoms with E-state index in [4.69, 9.17) is 16.1 Å². The number of carbonyl (C=O) groups excluding carboxylic acids is 1. The summed E-state index contributed by atoms with van der Waals surface area (Å²) in [6.07, 6.45) is 2.38. The molecule has 0 unspecified atom stereocenters. The molecule has 1 amide bonds. The van der Waals surface area contributed by atoms with Crippen molar-refractivity contribution < 1.29 is 9.32 Å². The quantitative estimate of drug-likeness (QED) is 0.538. The second-order valence-electron chi connectivity index (χ2n) is 7.48. The molecule has 1 aliphatic heterocycles. The van der Waals surface area contributed by atoms with E-state index >= 15 is 0 Å². The molecule has 0 saturated carbocycles. The second kappa shape index (κ2) is 9.34. The van der Waals surface area contributed by atoms with Gasteiger partial charge >= 0.3 is 0 Å². The largest absolute Gasteiger partial charge is 0.368 e. The van der Waals surface area contributed by atoms with Crippen molar-refractivity contribution in [1.29, 1.82) is 0 Å². The van der Waals surface area contributed by atoms with Gasteiger partial charge in [-0.05, 0) is 32.8 Å². The van der Waals surface area contributed by atoms with Crippen molar-refractivity contribution >= 4 is 29.1 Å². The third-order valence-electron chi connectivity index (χ3n) is 5.19. The number of amides is 1. The Morgan fingerprint density at radius 3 is 2.71 bits per heavy atom. The average Bonchev–Trinajstić information content (AvgIpc) is 3.41. The van der Waals surface area contributed by atoms with Crippen LogP contribution in [0, 0.1) is 13.8 Å². The highest BCUT2D eigenvalue weighted by Crippen LogP contribution is 2.30. The van der Waals surface area contributed by atoms with Crippen LogP contribution in [0.4, 0.5) is 11.6 Å². The topological polar surface area (TPSA) is 96.2 Å². The molecular weight excluding hydrogens is 416 g/mol. The molecule has 9 heteroatoms. The zero-order valence-corrected chi connectivity index (χ0v) is 18.4. The molecule has 2 N–H and O–H groups in total. The van der Waals surface area contributed by atoms with Gasteiger partial charge in [0.2, 0.25) is 0 Å². The molecule has 3 heterocycles. The Morgan fingerprint density at radius 2 is 1.94 bits per heavy atom. The summed E-state index contributed by atoms with van der Waals surface area (Å²) < 4.78 is 5.27. The summed E-state index contributed by atoms with van der Waals surface area (Å²) in [6, 6.07) is 9.20. The molecular formula is C22H25ClN6O2. The van der Waals surface area contributed by atoms with Crippen molar-refractivity contribution in [2.45, 2.75) is 26.7 Å². The third kappa shape index (κ3) is 4.80. The van der Waals surface area contributed by atoms with Gasteiger partial charge in [-0.1, -0.05) is 35.0 Å². The molecule has 0 bridgehead atoms. The number of hydrogen-bond donors (Lipinski definition) is 2. The normalized spacial score (nSPS) is 13.5. The summed E-state index contributed by atoms with van der Waals surface area (Å²) in [5.74, 6) is 2.61. The molecule has 1 aromatic carbocycles. The lowest BCUT2D eigenvalue weighted by Gasteiger charge is -2.17. The SMILES string of the molecule is Cc1nc(NCCNC(=O)c2c(-c3ccccc3Cl)noc2C)cc(N2CCCC2)n1. The fourth-order valence-electron chi connectivity index (χ4n) is 3.68. The Bertz CT molecular complexity index is 1080. The van der Waals surface area contributed by atoms with Gasteiger partial charge in [0.1, 0.15) is 34.5 Å². The first-order chi connectivity index (χ1) is 15.0. The minimum Gasteiger partial charge on any atom is -0.368 e. The highest BCUT2D eigenvalue weighted by atomic mass is 35.5. The number of aromatic nitrogens is 3. The van der Waals surface area contributed by atoms with Crippen LogP contribution in [-0.2, 0) is 0 Å². The summed E-state index contributed by atoms with van der Waals surface area (Å²) >= 11 is 6.27. The lowest BCUT2D eigenvalue weighted by Crippen LogP contribution is -2.29. The molecule has 1 fully saturated rings. The first-order valence-electron chi connectivity index (χ1n) is 10.4. The minimum absolute atomic E-state index is 0.257. The Kier molecular flexibility index (Phi) is 6.36. The molecule has 0 aliphatic carbocycles. The molecule has 0 radical (unpaired) electrons. The van der Waals surface area contributed by atoms with Crippen molar-refractivity contribution in [3.05, 3.63) is 52.5 Å². The highest BCUT2D eigenvalue weighted by Gasteiger charge is 2.22. The maximum absolute atomic E-state index is 12.8. The summed E-state index contributed by atoms with van der Waals surface area (Å²) in [7, 11) is 0. The van der Waals surface area contributed by atoms with Crippen LogP contribution in [0.3, 0.4) is 0 Å². The van der Waals surface area contributed by atoms with Crippen molar-refractivity contribution in [3.63, 3.8) is 0 Å². The number of hydrogen-bond acceptors (Lipinski definition) is 7. The number of benzene rings is 1. The third-order valence-corrected chi connectivity index (χ3v) is 5.52. The number of aryl methyl sites for hydroxylation is 2. The van der Waals surface area contributed by atoms with Crippen LogP contribution in [-0.4, -0.2) is 47.2 Å². The predicted molar refractivity (Wildman–Crippen MR) is 121 cm³/mol. The van der Waals surface area contributed by atoms with E-state index in [1.807, 2.05) is 31.2 Å². The van der Waals surface area contributed by atoms with Crippen LogP contribution in [0.1, 0.15) is 34.8 Å². The fourth-order valence-corrected chi connectivity index (χ4v) is 3.91. The predicted octanol–water partition coefficient (Wildman–Crippen LogP) is 3.84. The van der Waals surface area contributed by atoms with Crippen molar-refractivity contribution in [1.82, 2.24) is 20.4 Å². The summed E-state index contributed by atoms with van der Waals surface area (Å²) in [5.41, 5.74) is 1.49.